The van der Waals surface area contributed by atoms with Gasteiger partial charge in [0.2, 0.25) is 0 Å². The number of hydrogen-bond acceptors (Lipinski definition) is 1. The molecule has 2 heteroatoms. The van der Waals surface area contributed by atoms with Crippen molar-refractivity contribution in [3.8, 4) is 0 Å². The minimum atomic E-state index is 0.267. The van der Waals surface area contributed by atoms with Gasteiger partial charge in [-0.2, -0.15) is 0 Å². The summed E-state index contributed by atoms with van der Waals surface area (Å²) in [4.78, 5) is 0. The van der Waals surface area contributed by atoms with Crippen molar-refractivity contribution >= 4 is 11.6 Å². The van der Waals surface area contributed by atoms with E-state index in [1.807, 2.05) is 0 Å². The maximum atomic E-state index is 5.96. The van der Waals surface area contributed by atoms with Crippen molar-refractivity contribution in [2.24, 2.45) is 5.41 Å². The molecule has 1 aromatic rings. The van der Waals surface area contributed by atoms with Crippen LogP contribution in [0.2, 0.25) is 0 Å². The second-order valence-electron chi connectivity index (χ2n) is 7.09. The highest BCUT2D eigenvalue weighted by Gasteiger charge is 2.26. The van der Waals surface area contributed by atoms with E-state index in [0.717, 1.165) is 18.8 Å². The summed E-state index contributed by atoms with van der Waals surface area (Å²) in [5.41, 5.74) is 3.38. The van der Waals surface area contributed by atoms with E-state index in [0.29, 0.717) is 12.0 Å². The van der Waals surface area contributed by atoms with E-state index in [9.17, 15) is 0 Å². The lowest BCUT2D eigenvalue weighted by molar-refractivity contribution is 0.256. The molecule has 1 aromatic carbocycles. The summed E-state index contributed by atoms with van der Waals surface area (Å²) in [5.74, 6) is 1.40. The SMILES string of the molecule is CC(C)(C)C(CCCl)NCC1CCCc2ccccc21. The van der Waals surface area contributed by atoms with Crippen LogP contribution in [0.3, 0.4) is 0 Å². The summed E-state index contributed by atoms with van der Waals surface area (Å²) in [6, 6.07) is 9.45. The fourth-order valence-electron chi connectivity index (χ4n) is 3.30. The van der Waals surface area contributed by atoms with Crippen LogP contribution in [-0.2, 0) is 6.42 Å². The molecule has 1 N–H and O–H groups in total. The van der Waals surface area contributed by atoms with Crippen molar-refractivity contribution in [3.05, 3.63) is 35.4 Å². The van der Waals surface area contributed by atoms with Crippen LogP contribution in [0.25, 0.3) is 0 Å². The highest BCUT2D eigenvalue weighted by atomic mass is 35.5. The van der Waals surface area contributed by atoms with Crippen LogP contribution in [0, 0.1) is 5.41 Å². The molecule has 0 amide bonds. The van der Waals surface area contributed by atoms with Crippen LogP contribution in [-0.4, -0.2) is 18.5 Å². The third kappa shape index (κ3) is 3.99. The minimum absolute atomic E-state index is 0.267. The Hall–Kier alpha value is -0.530. The van der Waals surface area contributed by atoms with Crippen molar-refractivity contribution in [2.45, 2.75) is 58.4 Å². The van der Waals surface area contributed by atoms with Crippen LogP contribution in [0.15, 0.2) is 24.3 Å². The van der Waals surface area contributed by atoms with E-state index in [1.54, 1.807) is 11.1 Å². The van der Waals surface area contributed by atoms with Gasteiger partial charge in [-0.25, -0.2) is 0 Å². The van der Waals surface area contributed by atoms with Gasteiger partial charge >= 0.3 is 0 Å². The Morgan fingerprint density at radius 2 is 2.05 bits per heavy atom. The Bertz CT molecular complexity index is 422. The van der Waals surface area contributed by atoms with Gasteiger partial charge in [-0.1, -0.05) is 45.0 Å². The average molecular weight is 294 g/mol. The van der Waals surface area contributed by atoms with Crippen LogP contribution in [0.4, 0.5) is 0 Å². The third-order valence-corrected chi connectivity index (χ3v) is 4.77. The number of rotatable bonds is 5. The molecule has 2 atom stereocenters. The van der Waals surface area contributed by atoms with Gasteiger partial charge in [-0.3, -0.25) is 0 Å². The quantitative estimate of drug-likeness (QED) is 0.773. The Morgan fingerprint density at radius 3 is 2.75 bits per heavy atom. The second kappa shape index (κ2) is 6.95. The highest BCUT2D eigenvalue weighted by molar-refractivity contribution is 6.17. The van der Waals surface area contributed by atoms with Gasteiger partial charge in [-0.15, -0.1) is 11.6 Å². The van der Waals surface area contributed by atoms with Gasteiger partial charge in [-0.05, 0) is 48.1 Å². The monoisotopic (exact) mass is 293 g/mol. The number of fused-ring (bicyclic) bond motifs is 1. The zero-order valence-corrected chi connectivity index (χ0v) is 13.8. The number of nitrogens with one attached hydrogen (secondary N) is 1. The number of hydrogen-bond donors (Lipinski definition) is 1. The molecule has 1 aliphatic carbocycles. The lowest BCUT2D eigenvalue weighted by atomic mass is 9.81. The van der Waals surface area contributed by atoms with E-state index >= 15 is 0 Å². The topological polar surface area (TPSA) is 12.0 Å². The largest absolute Gasteiger partial charge is 0.313 e. The summed E-state index contributed by atoms with van der Waals surface area (Å²) in [6.07, 6.45) is 4.91. The number of alkyl halides is 1. The van der Waals surface area contributed by atoms with Crippen molar-refractivity contribution in [1.29, 1.82) is 0 Å². The molecule has 2 rings (SSSR count). The summed E-state index contributed by atoms with van der Waals surface area (Å²) >= 11 is 5.96. The molecule has 0 saturated heterocycles. The van der Waals surface area contributed by atoms with Crippen molar-refractivity contribution in [3.63, 3.8) is 0 Å². The first-order valence-corrected chi connectivity index (χ1v) is 8.43. The summed E-state index contributed by atoms with van der Waals surface area (Å²) in [6.45, 7) is 7.97. The molecule has 1 nitrogen and oxygen atoms in total. The second-order valence-corrected chi connectivity index (χ2v) is 7.47. The molecule has 20 heavy (non-hydrogen) atoms. The average Bonchev–Trinajstić information content (AvgIpc) is 2.42. The first kappa shape index (κ1) is 15.9. The molecule has 2 unspecified atom stereocenters. The predicted octanol–water partition coefficient (Wildman–Crippen LogP) is 4.74. The molecule has 112 valence electrons. The molecule has 1 aliphatic rings. The molecule has 0 aromatic heterocycles. The van der Waals surface area contributed by atoms with Gasteiger partial charge in [0.05, 0.1) is 0 Å². The summed E-state index contributed by atoms with van der Waals surface area (Å²) < 4.78 is 0. The Morgan fingerprint density at radius 1 is 1.30 bits per heavy atom. The van der Waals surface area contributed by atoms with E-state index in [1.165, 1.54) is 19.3 Å². The molecule has 0 saturated carbocycles. The third-order valence-electron chi connectivity index (χ3n) is 4.55. The van der Waals surface area contributed by atoms with E-state index < -0.39 is 0 Å². The van der Waals surface area contributed by atoms with Gasteiger partial charge in [0.25, 0.3) is 0 Å². The number of benzene rings is 1. The first-order chi connectivity index (χ1) is 9.52. The number of aryl methyl sites for hydroxylation is 1. The summed E-state index contributed by atoms with van der Waals surface area (Å²) in [7, 11) is 0. The van der Waals surface area contributed by atoms with Crippen LogP contribution >= 0.6 is 11.6 Å². The van der Waals surface area contributed by atoms with Crippen molar-refractivity contribution in [1.82, 2.24) is 5.32 Å². The Kier molecular flexibility index (Phi) is 5.51. The molecule has 0 radical (unpaired) electrons. The van der Waals surface area contributed by atoms with Crippen molar-refractivity contribution in [2.75, 3.05) is 12.4 Å². The Labute approximate surface area is 129 Å². The van der Waals surface area contributed by atoms with Gasteiger partial charge in [0.15, 0.2) is 0 Å². The maximum Gasteiger partial charge on any atom is 0.0238 e. The van der Waals surface area contributed by atoms with Gasteiger partial charge in [0.1, 0.15) is 0 Å². The molecule has 0 spiro atoms. The normalized spacial score (nSPS) is 20.5. The molecule has 0 heterocycles. The maximum absolute atomic E-state index is 5.96. The lowest BCUT2D eigenvalue weighted by Crippen LogP contribution is -2.42. The molecule has 0 fully saturated rings. The van der Waals surface area contributed by atoms with E-state index in [4.69, 9.17) is 11.6 Å². The lowest BCUT2D eigenvalue weighted by Gasteiger charge is -2.34. The summed E-state index contributed by atoms with van der Waals surface area (Å²) in [5, 5.41) is 3.79. The molecule has 0 aliphatic heterocycles. The smallest absolute Gasteiger partial charge is 0.0238 e. The number of halogens is 1. The van der Waals surface area contributed by atoms with Crippen molar-refractivity contribution < 1.29 is 0 Å². The first-order valence-electron chi connectivity index (χ1n) is 7.89. The van der Waals surface area contributed by atoms with Gasteiger partial charge < -0.3 is 5.32 Å². The Balaban J connectivity index is 2.00. The fraction of sp³-hybridized carbons (Fsp3) is 0.667. The van der Waals surface area contributed by atoms with Crippen LogP contribution < -0.4 is 5.32 Å². The highest BCUT2D eigenvalue weighted by Crippen LogP contribution is 2.31. The van der Waals surface area contributed by atoms with Crippen LogP contribution in [0.5, 0.6) is 0 Å². The van der Waals surface area contributed by atoms with Crippen LogP contribution in [0.1, 0.15) is 57.1 Å². The minimum Gasteiger partial charge on any atom is -0.313 e. The molecule has 0 bridgehead atoms. The predicted molar refractivity (Wildman–Crippen MR) is 88.7 cm³/mol. The van der Waals surface area contributed by atoms with E-state index in [-0.39, 0.29) is 5.41 Å². The zero-order valence-electron chi connectivity index (χ0n) is 13.1. The van der Waals surface area contributed by atoms with Gasteiger partial charge in [0, 0.05) is 18.5 Å². The molecular weight excluding hydrogens is 266 g/mol. The zero-order chi connectivity index (χ0) is 14.6. The fourth-order valence-corrected chi connectivity index (χ4v) is 3.52. The van der Waals surface area contributed by atoms with E-state index in [2.05, 4.69) is 50.4 Å². The molecular formula is C18H28ClN. The standard InChI is InChI=1S/C18H28ClN/c1-18(2,3)17(11-12-19)20-13-15-9-6-8-14-7-4-5-10-16(14)15/h4-5,7,10,15,17,20H,6,8-9,11-13H2,1-3H3.